The highest BCUT2D eigenvalue weighted by Gasteiger charge is 2.19. The molecule has 0 N–H and O–H groups in total. The van der Waals surface area contributed by atoms with Gasteiger partial charge in [-0.15, -0.1) is 10.2 Å². The lowest BCUT2D eigenvalue weighted by molar-refractivity contribution is 0.102. The van der Waals surface area contributed by atoms with E-state index in [9.17, 15) is 9.18 Å². The molecule has 0 bridgehead atoms. The highest BCUT2D eigenvalue weighted by molar-refractivity contribution is 7.99. The van der Waals surface area contributed by atoms with Crippen LogP contribution in [0.1, 0.15) is 54.0 Å². The van der Waals surface area contributed by atoms with Gasteiger partial charge in [-0.05, 0) is 57.5 Å². The minimum Gasteiger partial charge on any atom is -0.481 e. The zero-order valence-corrected chi connectivity index (χ0v) is 17.8. The van der Waals surface area contributed by atoms with E-state index in [1.54, 1.807) is 6.92 Å². The standard InChI is InChI=1S/C21H24FN3O3S/c1-5-10-25-13(2)11-18(14(25)3)19(26)12-29-21-24-23-20(28-21)15(4)27-17-8-6-16(22)7-9-17/h6-9,11,15H,5,10,12H2,1-4H3. The van der Waals surface area contributed by atoms with E-state index in [1.165, 1.54) is 36.0 Å². The Kier molecular flexibility index (Phi) is 6.74. The number of ketones is 1. The fourth-order valence-corrected chi connectivity index (χ4v) is 3.72. The number of hydrogen-bond acceptors (Lipinski definition) is 6. The zero-order valence-electron chi connectivity index (χ0n) is 16.9. The van der Waals surface area contributed by atoms with Gasteiger partial charge in [0.1, 0.15) is 11.6 Å². The molecule has 0 aliphatic rings. The maximum atomic E-state index is 13.0. The molecule has 0 aliphatic carbocycles. The molecule has 29 heavy (non-hydrogen) atoms. The van der Waals surface area contributed by atoms with Gasteiger partial charge in [0, 0.05) is 23.5 Å². The van der Waals surface area contributed by atoms with Crippen LogP contribution in [0.4, 0.5) is 4.39 Å². The van der Waals surface area contributed by atoms with Crippen LogP contribution in [0.15, 0.2) is 40.0 Å². The number of rotatable bonds is 9. The number of benzene rings is 1. The van der Waals surface area contributed by atoms with Crippen LogP contribution in [-0.4, -0.2) is 26.3 Å². The first-order valence-corrected chi connectivity index (χ1v) is 10.5. The van der Waals surface area contributed by atoms with Crippen LogP contribution >= 0.6 is 11.8 Å². The molecule has 8 heteroatoms. The molecule has 0 aliphatic heterocycles. The number of nitrogens with zero attached hydrogens (tertiary/aromatic N) is 3. The molecule has 0 radical (unpaired) electrons. The van der Waals surface area contributed by atoms with E-state index in [1.807, 2.05) is 19.9 Å². The molecule has 2 aromatic heterocycles. The third-order valence-electron chi connectivity index (χ3n) is 4.54. The molecule has 0 saturated carbocycles. The van der Waals surface area contributed by atoms with Crippen molar-refractivity contribution in [1.82, 2.24) is 14.8 Å². The summed E-state index contributed by atoms with van der Waals surface area (Å²) in [6.45, 7) is 8.76. The molecule has 3 aromatic rings. The van der Waals surface area contributed by atoms with Crippen LogP contribution in [0, 0.1) is 19.7 Å². The normalized spacial score (nSPS) is 12.2. The number of carbonyl (C=O) groups excluding carboxylic acids is 1. The molecule has 1 atom stereocenters. The Hall–Kier alpha value is -2.61. The summed E-state index contributed by atoms with van der Waals surface area (Å²) < 4.78 is 26.4. The lowest BCUT2D eigenvalue weighted by Gasteiger charge is -2.10. The van der Waals surface area contributed by atoms with Crippen LogP contribution in [0.3, 0.4) is 0 Å². The highest BCUT2D eigenvalue weighted by atomic mass is 32.2. The van der Waals surface area contributed by atoms with Crippen LogP contribution < -0.4 is 4.74 Å². The predicted molar refractivity (Wildman–Crippen MR) is 109 cm³/mol. The minimum absolute atomic E-state index is 0.0285. The Balaban J connectivity index is 1.59. The van der Waals surface area contributed by atoms with E-state index < -0.39 is 6.10 Å². The highest BCUT2D eigenvalue weighted by Crippen LogP contribution is 2.25. The molecular formula is C21H24FN3O3S. The summed E-state index contributed by atoms with van der Waals surface area (Å²) in [6, 6.07) is 7.64. The zero-order chi connectivity index (χ0) is 21.0. The Morgan fingerprint density at radius 1 is 1.28 bits per heavy atom. The summed E-state index contributed by atoms with van der Waals surface area (Å²) in [5.41, 5.74) is 2.81. The van der Waals surface area contributed by atoms with Crippen molar-refractivity contribution < 1.29 is 18.3 Å². The van der Waals surface area contributed by atoms with Crippen LogP contribution in [0.25, 0.3) is 0 Å². The number of thioether (sulfide) groups is 1. The van der Waals surface area contributed by atoms with Crippen molar-refractivity contribution in [2.45, 2.75) is 52.0 Å². The van der Waals surface area contributed by atoms with Crippen molar-refractivity contribution >= 4 is 17.5 Å². The largest absolute Gasteiger partial charge is 0.481 e. The topological polar surface area (TPSA) is 70.2 Å². The number of hydrogen-bond donors (Lipinski definition) is 0. The number of aryl methyl sites for hydroxylation is 1. The Labute approximate surface area is 173 Å². The summed E-state index contributed by atoms with van der Waals surface area (Å²) in [6.07, 6.45) is 0.521. The van der Waals surface area contributed by atoms with Gasteiger partial charge in [-0.1, -0.05) is 18.7 Å². The van der Waals surface area contributed by atoms with Gasteiger partial charge < -0.3 is 13.7 Å². The smallest absolute Gasteiger partial charge is 0.277 e. The minimum atomic E-state index is -0.494. The lowest BCUT2D eigenvalue weighted by Crippen LogP contribution is -2.06. The van der Waals surface area contributed by atoms with Crippen molar-refractivity contribution in [1.29, 1.82) is 0 Å². The second kappa shape index (κ2) is 9.26. The monoisotopic (exact) mass is 417 g/mol. The number of ether oxygens (including phenoxy) is 1. The van der Waals surface area contributed by atoms with Gasteiger partial charge in [0.05, 0.1) is 5.75 Å². The summed E-state index contributed by atoms with van der Waals surface area (Å²) in [7, 11) is 0. The van der Waals surface area contributed by atoms with Crippen molar-refractivity contribution in [3.05, 3.63) is 59.0 Å². The fourth-order valence-electron chi connectivity index (χ4n) is 3.07. The summed E-state index contributed by atoms with van der Waals surface area (Å²) in [5, 5.41) is 8.28. The van der Waals surface area contributed by atoms with Gasteiger partial charge in [-0.25, -0.2) is 4.39 Å². The second-order valence-electron chi connectivity index (χ2n) is 6.77. The van der Waals surface area contributed by atoms with Gasteiger partial charge in [0.2, 0.25) is 0 Å². The Bertz CT molecular complexity index is 982. The van der Waals surface area contributed by atoms with Crippen molar-refractivity contribution in [2.75, 3.05) is 5.75 Å². The molecule has 0 spiro atoms. The van der Waals surface area contributed by atoms with E-state index in [0.717, 1.165) is 29.9 Å². The van der Waals surface area contributed by atoms with Crippen LogP contribution in [0.5, 0.6) is 5.75 Å². The van der Waals surface area contributed by atoms with E-state index >= 15 is 0 Å². The molecule has 1 unspecified atom stereocenters. The quantitative estimate of drug-likeness (QED) is 0.354. The average molecular weight is 418 g/mol. The first-order chi connectivity index (χ1) is 13.9. The number of halogens is 1. The molecule has 0 amide bonds. The molecular weight excluding hydrogens is 393 g/mol. The van der Waals surface area contributed by atoms with Gasteiger partial charge in [-0.3, -0.25) is 4.79 Å². The Morgan fingerprint density at radius 3 is 2.69 bits per heavy atom. The maximum Gasteiger partial charge on any atom is 0.277 e. The molecule has 6 nitrogen and oxygen atoms in total. The third kappa shape index (κ3) is 5.06. The van der Waals surface area contributed by atoms with Gasteiger partial charge in [-0.2, -0.15) is 0 Å². The number of aromatic nitrogens is 3. The average Bonchev–Trinajstić information content (AvgIpc) is 3.28. The maximum absolute atomic E-state index is 13.0. The lowest BCUT2D eigenvalue weighted by atomic mass is 10.2. The summed E-state index contributed by atoms with van der Waals surface area (Å²) in [5.74, 6) is 0.711. The Morgan fingerprint density at radius 2 is 2.00 bits per heavy atom. The second-order valence-corrected chi connectivity index (χ2v) is 7.70. The first kappa shape index (κ1) is 21.1. The number of Topliss-reactive ketones (excluding diaryl/α,β-unsaturated/α-hetero) is 1. The van der Waals surface area contributed by atoms with Crippen molar-refractivity contribution in [3.63, 3.8) is 0 Å². The third-order valence-corrected chi connectivity index (χ3v) is 5.36. The summed E-state index contributed by atoms with van der Waals surface area (Å²) in [4.78, 5) is 12.6. The SMILES string of the molecule is CCCn1c(C)cc(C(=O)CSc2nnc(C(C)Oc3ccc(F)cc3)o2)c1C. The fraction of sp³-hybridized carbons (Fsp3) is 0.381. The molecule has 2 heterocycles. The molecule has 0 saturated heterocycles. The molecule has 0 fully saturated rings. The van der Waals surface area contributed by atoms with Gasteiger partial charge in [0.15, 0.2) is 11.9 Å². The van der Waals surface area contributed by atoms with Crippen molar-refractivity contribution in [2.24, 2.45) is 0 Å². The van der Waals surface area contributed by atoms with E-state index in [0.29, 0.717) is 16.9 Å². The molecule has 3 rings (SSSR count). The van der Waals surface area contributed by atoms with E-state index in [-0.39, 0.29) is 17.4 Å². The summed E-state index contributed by atoms with van der Waals surface area (Å²) >= 11 is 1.20. The van der Waals surface area contributed by atoms with E-state index in [4.69, 9.17) is 9.15 Å². The molecule has 154 valence electrons. The first-order valence-electron chi connectivity index (χ1n) is 9.47. The van der Waals surface area contributed by atoms with Gasteiger partial charge >= 0.3 is 0 Å². The van der Waals surface area contributed by atoms with Crippen molar-refractivity contribution in [3.8, 4) is 5.75 Å². The van der Waals surface area contributed by atoms with Gasteiger partial charge in [0.25, 0.3) is 11.1 Å². The number of carbonyl (C=O) groups is 1. The molecule has 1 aromatic carbocycles. The van der Waals surface area contributed by atoms with Crippen LogP contribution in [-0.2, 0) is 6.54 Å². The van der Waals surface area contributed by atoms with E-state index in [2.05, 4.69) is 21.7 Å². The van der Waals surface area contributed by atoms with Crippen LogP contribution in [0.2, 0.25) is 0 Å². The predicted octanol–water partition coefficient (Wildman–Crippen LogP) is 5.15.